The van der Waals surface area contributed by atoms with Crippen LogP contribution in [0.2, 0.25) is 0 Å². The number of rotatable bonds is 7. The molecule has 0 bridgehead atoms. The van der Waals surface area contributed by atoms with Crippen molar-refractivity contribution in [1.29, 1.82) is 0 Å². The molecule has 0 fully saturated rings. The summed E-state index contributed by atoms with van der Waals surface area (Å²) < 4.78 is 7.57. The van der Waals surface area contributed by atoms with Crippen LogP contribution in [0.15, 0.2) is 93.6 Å². The quantitative estimate of drug-likeness (QED) is 0.367. The van der Waals surface area contributed by atoms with Crippen molar-refractivity contribution in [3.63, 3.8) is 0 Å². The molecule has 0 unspecified atom stereocenters. The van der Waals surface area contributed by atoms with Crippen LogP contribution in [-0.4, -0.2) is 27.8 Å². The minimum absolute atomic E-state index is 0.209. The largest absolute Gasteiger partial charge is 0.497 e. The molecule has 0 aliphatic rings. The fourth-order valence-electron chi connectivity index (χ4n) is 2.95. The molecule has 4 rings (SSSR count). The minimum Gasteiger partial charge on any atom is -0.497 e. The maximum Gasteiger partial charge on any atom is 0.255 e. The number of ether oxygens (including phenoxy) is 1. The van der Waals surface area contributed by atoms with E-state index < -0.39 is 0 Å². The summed E-state index contributed by atoms with van der Waals surface area (Å²) in [5.41, 5.74) is 2.35. The third kappa shape index (κ3) is 5.34. The maximum absolute atomic E-state index is 12.8. The van der Waals surface area contributed by atoms with Crippen LogP contribution in [0.25, 0.3) is 0 Å². The molecule has 1 heterocycles. The molecule has 4 aromatic rings. The predicted octanol–water partition coefficient (Wildman–Crippen LogP) is 5.50. The Morgan fingerprint density at radius 2 is 1.84 bits per heavy atom. The van der Waals surface area contributed by atoms with Gasteiger partial charge in [-0.3, -0.25) is 4.79 Å². The molecule has 0 aliphatic heterocycles. The first-order chi connectivity index (χ1) is 15.1. The molecular formula is C23H19BrN4O2S. The van der Waals surface area contributed by atoms with Gasteiger partial charge in [0.25, 0.3) is 5.91 Å². The van der Waals surface area contributed by atoms with Crippen molar-refractivity contribution < 1.29 is 9.53 Å². The molecule has 0 saturated heterocycles. The molecule has 0 aliphatic carbocycles. The van der Waals surface area contributed by atoms with Gasteiger partial charge in [0.15, 0.2) is 5.16 Å². The Hall–Kier alpha value is -3.10. The zero-order valence-corrected chi connectivity index (χ0v) is 19.1. The van der Waals surface area contributed by atoms with E-state index in [0.29, 0.717) is 28.3 Å². The van der Waals surface area contributed by atoms with Crippen LogP contribution < -0.4 is 10.1 Å². The number of nitrogens with zero attached hydrogens (tertiary/aromatic N) is 3. The Labute approximate surface area is 192 Å². The van der Waals surface area contributed by atoms with Gasteiger partial charge in [0.05, 0.1) is 19.3 Å². The summed E-state index contributed by atoms with van der Waals surface area (Å²) >= 11 is 4.82. The van der Waals surface area contributed by atoms with Crippen molar-refractivity contribution in [2.75, 3.05) is 12.4 Å². The number of nitrogens with one attached hydrogen (secondary N) is 1. The lowest BCUT2D eigenvalue weighted by molar-refractivity contribution is 0.102. The highest BCUT2D eigenvalue weighted by Crippen LogP contribution is 2.33. The van der Waals surface area contributed by atoms with Gasteiger partial charge in [0, 0.05) is 10.5 Å². The highest BCUT2D eigenvalue weighted by atomic mass is 79.9. The van der Waals surface area contributed by atoms with Crippen molar-refractivity contribution >= 4 is 39.3 Å². The van der Waals surface area contributed by atoms with E-state index in [2.05, 4.69) is 31.3 Å². The molecule has 1 N–H and O–H groups in total. The summed E-state index contributed by atoms with van der Waals surface area (Å²) in [6.45, 7) is 0.597. The predicted molar refractivity (Wildman–Crippen MR) is 125 cm³/mol. The molecule has 0 saturated carbocycles. The van der Waals surface area contributed by atoms with Crippen LogP contribution in [-0.2, 0) is 6.54 Å². The fourth-order valence-corrected chi connectivity index (χ4v) is 4.34. The lowest BCUT2D eigenvalue weighted by Gasteiger charge is -2.11. The second kappa shape index (κ2) is 9.80. The number of hydrogen-bond acceptors (Lipinski definition) is 5. The zero-order chi connectivity index (χ0) is 21.6. The smallest absolute Gasteiger partial charge is 0.255 e. The van der Waals surface area contributed by atoms with E-state index >= 15 is 0 Å². The third-order valence-electron chi connectivity index (χ3n) is 4.46. The Bertz CT molecular complexity index is 1200. The van der Waals surface area contributed by atoms with E-state index in [9.17, 15) is 4.79 Å². The summed E-state index contributed by atoms with van der Waals surface area (Å²) in [7, 11) is 1.58. The average molecular weight is 495 g/mol. The number of carbonyl (C=O) groups excluding carboxylic acids is 1. The van der Waals surface area contributed by atoms with Crippen LogP contribution in [0.5, 0.6) is 5.75 Å². The lowest BCUT2D eigenvalue weighted by atomic mass is 10.2. The van der Waals surface area contributed by atoms with Crippen LogP contribution in [0.4, 0.5) is 5.69 Å². The second-order valence-electron chi connectivity index (χ2n) is 6.59. The number of benzene rings is 3. The Morgan fingerprint density at radius 3 is 2.65 bits per heavy atom. The lowest BCUT2D eigenvalue weighted by Crippen LogP contribution is -2.12. The van der Waals surface area contributed by atoms with Gasteiger partial charge in [-0.1, -0.05) is 48.5 Å². The van der Waals surface area contributed by atoms with Crippen molar-refractivity contribution in [3.05, 3.63) is 94.7 Å². The average Bonchev–Trinajstić information content (AvgIpc) is 3.14. The summed E-state index contributed by atoms with van der Waals surface area (Å²) in [5, 5.41) is 8.17. The summed E-state index contributed by atoms with van der Waals surface area (Å²) in [5.74, 6) is 0.424. The summed E-state index contributed by atoms with van der Waals surface area (Å²) in [6.07, 6.45) is 0. The molecule has 0 spiro atoms. The van der Waals surface area contributed by atoms with Crippen LogP contribution >= 0.6 is 27.7 Å². The van der Waals surface area contributed by atoms with Gasteiger partial charge in [0.2, 0.25) is 4.73 Å². The number of halogens is 1. The van der Waals surface area contributed by atoms with Crippen molar-refractivity contribution in [3.8, 4) is 5.75 Å². The van der Waals surface area contributed by atoms with Crippen LogP contribution in [0, 0.1) is 0 Å². The van der Waals surface area contributed by atoms with Gasteiger partial charge in [-0.2, -0.15) is 4.98 Å². The monoisotopic (exact) mass is 494 g/mol. The van der Waals surface area contributed by atoms with E-state index in [0.717, 1.165) is 15.6 Å². The fraction of sp³-hybridized carbons (Fsp3) is 0.0870. The van der Waals surface area contributed by atoms with E-state index in [1.807, 2.05) is 59.3 Å². The third-order valence-corrected chi connectivity index (χ3v) is 5.85. The zero-order valence-electron chi connectivity index (χ0n) is 16.7. The number of aromatic nitrogens is 3. The molecule has 1 aromatic heterocycles. The van der Waals surface area contributed by atoms with Crippen LogP contribution in [0.3, 0.4) is 0 Å². The molecule has 1 amide bonds. The number of carbonyl (C=O) groups is 1. The minimum atomic E-state index is -0.209. The highest BCUT2D eigenvalue weighted by Gasteiger charge is 2.15. The SMILES string of the molecule is COc1cccc(C(=O)Nc2ccccc2Sc2nc(Br)nn2Cc2ccccc2)c1. The Morgan fingerprint density at radius 1 is 1.06 bits per heavy atom. The topological polar surface area (TPSA) is 69.0 Å². The van der Waals surface area contributed by atoms with Gasteiger partial charge in [-0.25, -0.2) is 4.68 Å². The standard InChI is InChI=1S/C23H19BrN4O2S/c1-30-18-11-7-10-17(14-18)21(29)25-19-12-5-6-13-20(19)31-23-26-22(24)27-28(23)15-16-8-3-2-4-9-16/h2-14H,15H2,1H3,(H,25,29). The first kappa shape index (κ1) is 21.1. The number of amides is 1. The molecule has 156 valence electrons. The highest BCUT2D eigenvalue weighted by molar-refractivity contribution is 9.10. The first-order valence-electron chi connectivity index (χ1n) is 9.49. The van der Waals surface area contributed by atoms with Gasteiger partial charge in [-0.05, 0) is 63.6 Å². The number of hydrogen-bond donors (Lipinski definition) is 1. The molecule has 0 atom stereocenters. The van der Waals surface area contributed by atoms with E-state index in [1.165, 1.54) is 11.8 Å². The maximum atomic E-state index is 12.8. The van der Waals surface area contributed by atoms with Gasteiger partial charge in [-0.15, -0.1) is 5.10 Å². The van der Waals surface area contributed by atoms with Crippen molar-refractivity contribution in [1.82, 2.24) is 14.8 Å². The Balaban J connectivity index is 1.56. The van der Waals surface area contributed by atoms with Crippen LogP contribution in [0.1, 0.15) is 15.9 Å². The molecule has 8 heteroatoms. The van der Waals surface area contributed by atoms with Crippen molar-refractivity contribution in [2.45, 2.75) is 16.6 Å². The van der Waals surface area contributed by atoms with E-state index in [1.54, 1.807) is 31.4 Å². The normalized spacial score (nSPS) is 10.6. The molecule has 3 aromatic carbocycles. The molecular weight excluding hydrogens is 476 g/mol. The second-order valence-corrected chi connectivity index (χ2v) is 8.31. The van der Waals surface area contributed by atoms with Gasteiger partial charge < -0.3 is 10.1 Å². The number of para-hydroxylation sites is 1. The van der Waals surface area contributed by atoms with Crippen molar-refractivity contribution in [2.24, 2.45) is 0 Å². The molecule has 31 heavy (non-hydrogen) atoms. The van der Waals surface area contributed by atoms with Gasteiger partial charge >= 0.3 is 0 Å². The van der Waals surface area contributed by atoms with Gasteiger partial charge in [0.1, 0.15) is 5.75 Å². The Kier molecular flexibility index (Phi) is 6.69. The van der Waals surface area contributed by atoms with E-state index in [4.69, 9.17) is 4.74 Å². The molecule has 0 radical (unpaired) electrons. The summed E-state index contributed by atoms with van der Waals surface area (Å²) in [6, 6.07) is 24.8. The summed E-state index contributed by atoms with van der Waals surface area (Å²) in [4.78, 5) is 18.2. The number of methoxy groups -OCH3 is 1. The number of anilines is 1. The van der Waals surface area contributed by atoms with E-state index in [-0.39, 0.29) is 5.91 Å². The molecule has 6 nitrogen and oxygen atoms in total. The first-order valence-corrected chi connectivity index (χ1v) is 11.1.